The fraction of sp³-hybridized carbons (Fsp3) is 0.442. The van der Waals surface area contributed by atoms with Crippen molar-refractivity contribution in [2.75, 3.05) is 20.3 Å². The van der Waals surface area contributed by atoms with Crippen LogP contribution in [0.15, 0.2) is 60.2 Å². The van der Waals surface area contributed by atoms with E-state index in [2.05, 4.69) is 65.3 Å². The van der Waals surface area contributed by atoms with Crippen LogP contribution in [0.25, 0.3) is 33.4 Å². The molecule has 0 spiro atoms. The SMILES string of the molecule is CCn1c(-c2cccnc2[C@H](C)OC)c2c3cc(ccc31)-c1csc(n1)C[C@H](NC(=O)C1Cc3cccnc3C1)C(=O)N1CCC[C@H](N1)C(=O)OCC(C)(C)C2.S.S.S. The first-order chi connectivity index (χ1) is 27.0. The van der Waals surface area contributed by atoms with Crippen LogP contribution in [-0.4, -0.2) is 74.7 Å². The topological polar surface area (TPSA) is 141 Å². The summed E-state index contributed by atoms with van der Waals surface area (Å²) in [5.74, 6) is -1.23. The molecule has 2 amide bonds. The number of cyclic esters (lactones) is 1. The maximum absolute atomic E-state index is 14.3. The van der Waals surface area contributed by atoms with Gasteiger partial charge >= 0.3 is 5.97 Å². The van der Waals surface area contributed by atoms with E-state index in [9.17, 15) is 14.4 Å². The zero-order valence-electron chi connectivity index (χ0n) is 34.1. The summed E-state index contributed by atoms with van der Waals surface area (Å²) in [5.41, 5.74) is 11.6. The van der Waals surface area contributed by atoms with Gasteiger partial charge in [-0.1, -0.05) is 26.0 Å². The second-order valence-corrected chi connectivity index (χ2v) is 16.9. The number of methoxy groups -OCH3 is 1. The van der Waals surface area contributed by atoms with Crippen molar-refractivity contribution < 1.29 is 23.9 Å². The van der Waals surface area contributed by atoms with E-state index in [4.69, 9.17) is 19.4 Å². The number of hydrazine groups is 1. The predicted octanol–water partition coefficient (Wildman–Crippen LogP) is 6.35. The van der Waals surface area contributed by atoms with Crippen LogP contribution in [0.1, 0.15) is 74.2 Å². The van der Waals surface area contributed by atoms with Gasteiger partial charge in [-0.05, 0) is 81.0 Å². The van der Waals surface area contributed by atoms with Crippen molar-refractivity contribution in [3.05, 3.63) is 87.8 Å². The third-order valence-corrected chi connectivity index (χ3v) is 12.3. The molecule has 1 aliphatic carbocycles. The van der Waals surface area contributed by atoms with E-state index in [0.717, 1.165) is 67.5 Å². The number of esters is 1. The Bertz CT molecular complexity index is 2290. The summed E-state index contributed by atoms with van der Waals surface area (Å²) >= 11 is 1.47. The zero-order chi connectivity index (χ0) is 39.1. The van der Waals surface area contributed by atoms with Gasteiger partial charge in [-0.2, -0.15) is 40.5 Å². The summed E-state index contributed by atoms with van der Waals surface area (Å²) in [6.07, 6.45) is 6.39. The molecule has 4 aromatic heterocycles. The first kappa shape index (κ1) is 46.1. The summed E-state index contributed by atoms with van der Waals surface area (Å²) in [6.45, 7) is 9.70. The molecular weight excluding hydrogens is 823 g/mol. The van der Waals surface area contributed by atoms with Gasteiger partial charge in [-0.3, -0.25) is 29.4 Å². The average molecular weight is 878 g/mol. The number of carbonyl (C=O) groups excluding carboxylic acids is 3. The van der Waals surface area contributed by atoms with Gasteiger partial charge in [0.25, 0.3) is 5.91 Å². The van der Waals surface area contributed by atoms with Crippen molar-refractivity contribution in [3.8, 4) is 22.5 Å². The Morgan fingerprint density at radius 3 is 2.63 bits per heavy atom. The Morgan fingerprint density at radius 1 is 1.08 bits per heavy atom. The number of aryl methyl sites for hydroxylation is 1. The van der Waals surface area contributed by atoms with Gasteiger partial charge < -0.3 is 19.4 Å². The molecule has 2 N–H and O–H groups in total. The maximum Gasteiger partial charge on any atom is 0.324 e. The third kappa shape index (κ3) is 9.37. The monoisotopic (exact) mass is 877 g/mol. The Balaban J connectivity index is 0.00000220. The molecule has 1 unspecified atom stereocenters. The summed E-state index contributed by atoms with van der Waals surface area (Å²) in [7, 11) is 1.70. The fourth-order valence-corrected chi connectivity index (χ4v) is 9.30. The highest BCUT2D eigenvalue weighted by molar-refractivity contribution is 7.59. The van der Waals surface area contributed by atoms with E-state index in [-0.39, 0.29) is 77.4 Å². The average Bonchev–Trinajstić information content (AvgIpc) is 3.94. The number of nitrogens with zero attached hydrogens (tertiary/aromatic N) is 5. The van der Waals surface area contributed by atoms with Gasteiger partial charge in [-0.25, -0.2) is 10.4 Å². The zero-order valence-corrected chi connectivity index (χ0v) is 37.9. The minimum absolute atomic E-state index is 0. The van der Waals surface area contributed by atoms with E-state index in [1.165, 1.54) is 16.3 Å². The minimum atomic E-state index is -0.892. The summed E-state index contributed by atoms with van der Waals surface area (Å²) in [5, 5.41) is 8.42. The van der Waals surface area contributed by atoms with Gasteiger partial charge in [0.1, 0.15) is 12.1 Å². The van der Waals surface area contributed by atoms with Crippen LogP contribution in [0.2, 0.25) is 0 Å². The lowest BCUT2D eigenvalue weighted by Crippen LogP contribution is -2.60. The number of hydrogen-bond donors (Lipinski definition) is 2. The largest absolute Gasteiger partial charge is 0.464 e. The Labute approximate surface area is 370 Å². The molecule has 4 atom stereocenters. The van der Waals surface area contributed by atoms with E-state index < -0.39 is 23.5 Å². The lowest BCUT2D eigenvalue weighted by atomic mass is 9.84. The molecular formula is C43H55N7O5S4. The van der Waals surface area contributed by atoms with Crippen LogP contribution in [0.4, 0.5) is 0 Å². The molecule has 8 rings (SSSR count). The van der Waals surface area contributed by atoms with Crippen molar-refractivity contribution in [1.82, 2.24) is 35.3 Å². The van der Waals surface area contributed by atoms with Crippen LogP contribution in [0, 0.1) is 11.3 Å². The highest BCUT2D eigenvalue weighted by Crippen LogP contribution is 2.42. The molecule has 5 aromatic rings. The van der Waals surface area contributed by atoms with Crippen LogP contribution in [0.3, 0.4) is 0 Å². The second-order valence-electron chi connectivity index (χ2n) is 16.0. The highest BCUT2D eigenvalue weighted by atomic mass is 32.1. The Morgan fingerprint density at radius 2 is 1.86 bits per heavy atom. The van der Waals surface area contributed by atoms with Gasteiger partial charge in [0.2, 0.25) is 5.91 Å². The van der Waals surface area contributed by atoms with Gasteiger partial charge in [-0.15, -0.1) is 11.3 Å². The van der Waals surface area contributed by atoms with Crippen LogP contribution in [-0.2, 0) is 56.1 Å². The highest BCUT2D eigenvalue weighted by Gasteiger charge is 2.37. The van der Waals surface area contributed by atoms with Crippen molar-refractivity contribution >= 4 is 80.5 Å². The van der Waals surface area contributed by atoms with Crippen LogP contribution >= 0.6 is 51.8 Å². The van der Waals surface area contributed by atoms with Crippen molar-refractivity contribution in [3.63, 3.8) is 0 Å². The van der Waals surface area contributed by atoms with E-state index in [0.29, 0.717) is 38.6 Å². The van der Waals surface area contributed by atoms with Crippen LogP contribution < -0.4 is 10.7 Å². The molecule has 0 saturated carbocycles. The smallest absolute Gasteiger partial charge is 0.324 e. The van der Waals surface area contributed by atoms with Crippen molar-refractivity contribution in [2.45, 2.75) is 91.0 Å². The van der Waals surface area contributed by atoms with Crippen molar-refractivity contribution in [2.24, 2.45) is 11.3 Å². The molecule has 2 aliphatic heterocycles. The lowest BCUT2D eigenvalue weighted by molar-refractivity contribution is -0.155. The Hall–Kier alpha value is -3.93. The molecule has 59 heavy (non-hydrogen) atoms. The number of pyridine rings is 2. The molecule has 0 radical (unpaired) electrons. The molecule has 1 fully saturated rings. The predicted molar refractivity (Wildman–Crippen MR) is 246 cm³/mol. The number of rotatable bonds is 6. The molecule has 6 heterocycles. The standard InChI is InChI=1S/C43H49N7O5S.3H2S/c1-6-49-36-14-13-27-19-30(36)31(39(49)29-11-8-16-45-38(29)25(2)54-5)22-43(3,4)24-55-42(53)32-12-9-17-50(48-32)41(52)34(21-37-46-35(27)23-56-37)47-40(51)28-18-26-10-7-15-44-33(26)20-28;;;/h7-8,10-11,13-16,19,23,25,28,32,34,48H,6,9,12,17-18,20-22,24H2,1-5H3,(H,47,51);3*1H2/t25-,28?,32-,34-;;;/m0.../s1. The van der Waals surface area contributed by atoms with Gasteiger partial charge in [0.15, 0.2) is 0 Å². The minimum Gasteiger partial charge on any atom is -0.464 e. The lowest BCUT2D eigenvalue weighted by Gasteiger charge is -2.35. The summed E-state index contributed by atoms with van der Waals surface area (Å²) < 4.78 is 14.2. The number of benzene rings is 1. The number of nitrogens with one attached hydrogen (secondary N) is 2. The second kappa shape index (κ2) is 19.2. The third-order valence-electron chi connectivity index (χ3n) is 11.4. The van der Waals surface area contributed by atoms with Crippen LogP contribution in [0.5, 0.6) is 0 Å². The quantitative estimate of drug-likeness (QED) is 0.187. The molecule has 3 aliphatic rings. The summed E-state index contributed by atoms with van der Waals surface area (Å²) in [4.78, 5) is 56.2. The normalized spacial score (nSPS) is 20.6. The molecule has 16 heteroatoms. The molecule has 1 saturated heterocycles. The summed E-state index contributed by atoms with van der Waals surface area (Å²) in [6, 6.07) is 12.8. The fourth-order valence-electron chi connectivity index (χ4n) is 8.45. The number of carbonyl (C=O) groups is 3. The number of ether oxygens (including phenoxy) is 2. The van der Waals surface area contributed by atoms with Gasteiger partial charge in [0, 0.05) is 89.9 Å². The Kier molecular flexibility index (Phi) is 15.0. The molecule has 12 nitrogen and oxygen atoms in total. The number of thiazole rings is 1. The van der Waals surface area contributed by atoms with E-state index in [1.54, 1.807) is 19.5 Å². The van der Waals surface area contributed by atoms with Crippen molar-refractivity contribution in [1.29, 1.82) is 0 Å². The molecule has 316 valence electrons. The molecule has 6 bridgehead atoms. The van der Waals surface area contributed by atoms with E-state index >= 15 is 0 Å². The first-order valence-corrected chi connectivity index (χ1v) is 20.5. The molecule has 1 aromatic carbocycles. The van der Waals surface area contributed by atoms with Gasteiger partial charge in [0.05, 0.1) is 34.8 Å². The number of amides is 2. The number of hydrogen-bond acceptors (Lipinski definition) is 10. The maximum atomic E-state index is 14.3. The first-order valence-electron chi connectivity index (χ1n) is 19.6. The van der Waals surface area contributed by atoms with E-state index in [1.807, 2.05) is 30.5 Å². The number of fused-ring (bicyclic) bond motifs is 7. The number of aromatic nitrogens is 4.